The number of nitrogens with one attached hydrogen (secondary N) is 1. The largest absolute Gasteiger partial charge is 0.313 e. The summed E-state index contributed by atoms with van der Waals surface area (Å²) in [6, 6.07) is 3.40. The molecule has 0 bridgehead atoms. The van der Waals surface area contributed by atoms with E-state index < -0.39 is 22.4 Å². The summed E-state index contributed by atoms with van der Waals surface area (Å²) in [7, 11) is -0.796. The van der Waals surface area contributed by atoms with Crippen molar-refractivity contribution >= 4 is 10.8 Å². The molecule has 0 fully saturated rings. The molecule has 1 atom stereocenters. The van der Waals surface area contributed by atoms with Crippen LogP contribution < -0.4 is 5.32 Å². The highest BCUT2D eigenvalue weighted by molar-refractivity contribution is 7.84. The first kappa shape index (κ1) is 13.3. The van der Waals surface area contributed by atoms with E-state index in [9.17, 15) is 13.0 Å². The molecule has 90 valence electrons. The topological polar surface area (TPSA) is 29.1 Å². The number of hydrogen-bond donors (Lipinski definition) is 1. The molecule has 2 nitrogen and oxygen atoms in total. The molecule has 0 amide bonds. The second-order valence-electron chi connectivity index (χ2n) is 3.54. The van der Waals surface area contributed by atoms with Gasteiger partial charge in [0.05, 0.1) is 0 Å². The van der Waals surface area contributed by atoms with E-state index in [0.717, 1.165) is 18.6 Å². The molecule has 5 heteroatoms. The van der Waals surface area contributed by atoms with Gasteiger partial charge in [-0.15, -0.1) is 0 Å². The Morgan fingerprint density at radius 3 is 2.81 bits per heavy atom. The molecule has 0 spiro atoms. The summed E-state index contributed by atoms with van der Waals surface area (Å²) < 4.78 is 36.7. The van der Waals surface area contributed by atoms with E-state index in [1.807, 2.05) is 0 Å². The highest BCUT2D eigenvalue weighted by atomic mass is 32.2. The Bertz CT molecular complexity index is 371. The molecule has 0 saturated heterocycles. The summed E-state index contributed by atoms with van der Waals surface area (Å²) in [5.74, 6) is -0.223. The second-order valence-corrected chi connectivity index (χ2v) is 5.10. The predicted octanol–water partition coefficient (Wildman–Crippen LogP) is 1.82. The molecule has 1 N–H and O–H groups in total. The van der Waals surface area contributed by atoms with Gasteiger partial charge in [-0.1, -0.05) is 0 Å². The molecule has 1 rings (SSSR count). The van der Waals surface area contributed by atoms with Crippen molar-refractivity contribution in [3.8, 4) is 0 Å². The van der Waals surface area contributed by atoms with Crippen molar-refractivity contribution in [3.05, 3.63) is 35.4 Å². The van der Waals surface area contributed by atoms with Crippen molar-refractivity contribution in [3.63, 3.8) is 0 Å². The van der Waals surface area contributed by atoms with Crippen LogP contribution in [-0.4, -0.2) is 22.8 Å². The van der Waals surface area contributed by atoms with Crippen molar-refractivity contribution < 1.29 is 13.0 Å². The van der Waals surface area contributed by atoms with Crippen LogP contribution in [0.3, 0.4) is 0 Å². The summed E-state index contributed by atoms with van der Waals surface area (Å²) in [6.07, 6.45) is 2.41. The lowest BCUT2D eigenvalue weighted by Crippen LogP contribution is -2.17. The lowest BCUT2D eigenvalue weighted by molar-refractivity contribution is 0.568. The van der Waals surface area contributed by atoms with E-state index >= 15 is 0 Å². The third-order valence-corrected chi connectivity index (χ3v) is 2.97. The fourth-order valence-electron chi connectivity index (χ4n) is 1.30. The zero-order chi connectivity index (χ0) is 12.0. The van der Waals surface area contributed by atoms with E-state index in [1.165, 1.54) is 6.07 Å². The van der Waals surface area contributed by atoms with Gasteiger partial charge in [-0.2, -0.15) is 0 Å². The third kappa shape index (κ3) is 4.81. The number of halogens is 2. The summed E-state index contributed by atoms with van der Waals surface area (Å²) in [5.41, 5.74) is 0.317. The molecule has 0 aliphatic rings. The van der Waals surface area contributed by atoms with Crippen LogP contribution >= 0.6 is 0 Å². The molecular weight excluding hydrogens is 232 g/mol. The Hall–Kier alpha value is -0.810. The van der Waals surface area contributed by atoms with Crippen LogP contribution in [0.15, 0.2) is 18.2 Å². The van der Waals surface area contributed by atoms with Crippen LogP contribution in [0.2, 0.25) is 0 Å². The Morgan fingerprint density at radius 2 is 2.12 bits per heavy atom. The highest BCUT2D eigenvalue weighted by Crippen LogP contribution is 2.08. The molecule has 1 aromatic carbocycles. The Balaban J connectivity index is 2.31. The van der Waals surface area contributed by atoms with Gasteiger partial charge in [0.2, 0.25) is 0 Å². The Labute approximate surface area is 96.5 Å². The van der Waals surface area contributed by atoms with Crippen LogP contribution in [0.5, 0.6) is 0 Å². The van der Waals surface area contributed by atoms with E-state index in [2.05, 4.69) is 5.32 Å². The fraction of sp³-hybridized carbons (Fsp3) is 0.455. The molecule has 16 heavy (non-hydrogen) atoms. The van der Waals surface area contributed by atoms with Crippen molar-refractivity contribution in [1.29, 1.82) is 0 Å². The maximum Gasteiger partial charge on any atom is 0.127 e. The summed E-state index contributed by atoms with van der Waals surface area (Å²) >= 11 is 0. The second kappa shape index (κ2) is 6.70. The van der Waals surface area contributed by atoms with Gasteiger partial charge in [0.1, 0.15) is 11.6 Å². The maximum atomic E-state index is 13.2. The molecule has 0 aliphatic carbocycles. The summed E-state index contributed by atoms with van der Waals surface area (Å²) in [5, 5.41) is 2.98. The van der Waals surface area contributed by atoms with Gasteiger partial charge >= 0.3 is 0 Å². The SMILES string of the molecule is CS(=O)CCCNCc1cc(F)ccc1F. The molecule has 0 heterocycles. The standard InChI is InChI=1S/C11H15F2NOS/c1-16(15)6-2-5-14-8-9-7-10(12)3-4-11(9)13/h3-4,7,14H,2,5-6,8H2,1H3. The van der Waals surface area contributed by atoms with Crippen molar-refractivity contribution in [2.45, 2.75) is 13.0 Å². The summed E-state index contributed by atoms with van der Waals surface area (Å²) in [6.45, 7) is 0.940. The van der Waals surface area contributed by atoms with E-state index in [1.54, 1.807) is 6.26 Å². The molecule has 1 unspecified atom stereocenters. The zero-order valence-electron chi connectivity index (χ0n) is 9.13. The van der Waals surface area contributed by atoms with Gasteiger partial charge in [-0.3, -0.25) is 4.21 Å². The first-order valence-corrected chi connectivity index (χ1v) is 6.77. The van der Waals surface area contributed by atoms with Gasteiger partial charge in [-0.05, 0) is 31.2 Å². The van der Waals surface area contributed by atoms with Crippen LogP contribution in [0, 0.1) is 11.6 Å². The average molecular weight is 247 g/mol. The molecule has 0 aromatic heterocycles. The quantitative estimate of drug-likeness (QED) is 0.777. The minimum absolute atomic E-state index is 0.292. The van der Waals surface area contributed by atoms with Crippen LogP contribution in [0.1, 0.15) is 12.0 Å². The lowest BCUT2D eigenvalue weighted by atomic mass is 10.2. The zero-order valence-corrected chi connectivity index (χ0v) is 9.95. The van der Waals surface area contributed by atoms with Crippen molar-refractivity contribution in [2.24, 2.45) is 0 Å². The first-order chi connectivity index (χ1) is 7.59. The molecule has 1 aromatic rings. The lowest BCUT2D eigenvalue weighted by Gasteiger charge is -2.05. The smallest absolute Gasteiger partial charge is 0.127 e. The molecular formula is C11H15F2NOS. The highest BCUT2D eigenvalue weighted by Gasteiger charge is 2.02. The first-order valence-electron chi connectivity index (χ1n) is 5.04. The minimum atomic E-state index is -0.796. The summed E-state index contributed by atoms with van der Waals surface area (Å²) in [4.78, 5) is 0. The number of benzene rings is 1. The minimum Gasteiger partial charge on any atom is -0.313 e. The van der Waals surface area contributed by atoms with Crippen LogP contribution in [0.4, 0.5) is 8.78 Å². The predicted molar refractivity (Wildman–Crippen MR) is 61.6 cm³/mol. The van der Waals surface area contributed by atoms with E-state index in [0.29, 0.717) is 24.4 Å². The maximum absolute atomic E-state index is 13.2. The third-order valence-electron chi connectivity index (χ3n) is 2.11. The van der Waals surface area contributed by atoms with Gasteiger partial charge in [-0.25, -0.2) is 8.78 Å². The average Bonchev–Trinajstić information content (AvgIpc) is 2.22. The Kier molecular flexibility index (Phi) is 5.55. The van der Waals surface area contributed by atoms with Gasteiger partial charge in [0.15, 0.2) is 0 Å². The monoisotopic (exact) mass is 247 g/mol. The number of rotatable bonds is 6. The normalized spacial score (nSPS) is 12.7. The number of hydrogen-bond acceptors (Lipinski definition) is 2. The van der Waals surface area contributed by atoms with E-state index in [4.69, 9.17) is 0 Å². The van der Waals surface area contributed by atoms with Gasteiger partial charge < -0.3 is 5.32 Å². The Morgan fingerprint density at radius 1 is 1.38 bits per heavy atom. The van der Waals surface area contributed by atoms with Crippen molar-refractivity contribution in [2.75, 3.05) is 18.6 Å². The van der Waals surface area contributed by atoms with Gasteiger partial charge in [0, 0.05) is 34.9 Å². The van der Waals surface area contributed by atoms with Crippen molar-refractivity contribution in [1.82, 2.24) is 5.32 Å². The molecule has 0 radical (unpaired) electrons. The van der Waals surface area contributed by atoms with Crippen LogP contribution in [-0.2, 0) is 17.3 Å². The molecule has 0 aliphatic heterocycles. The van der Waals surface area contributed by atoms with Crippen LogP contribution in [0.25, 0.3) is 0 Å². The fourth-order valence-corrected chi connectivity index (χ4v) is 1.85. The van der Waals surface area contributed by atoms with E-state index in [-0.39, 0.29) is 0 Å². The van der Waals surface area contributed by atoms with Gasteiger partial charge in [0.25, 0.3) is 0 Å². The molecule has 0 saturated carbocycles.